The number of carbonyl (C=O) groups excluding carboxylic acids is 1. The van der Waals surface area contributed by atoms with E-state index in [4.69, 9.17) is 0 Å². The van der Waals surface area contributed by atoms with E-state index in [0.29, 0.717) is 11.5 Å². The molecule has 1 nitrogen and oxygen atoms in total. The molecular formula is C22H25F2ORb. The van der Waals surface area contributed by atoms with E-state index in [1.807, 2.05) is 12.1 Å². The smallest absolute Gasteiger partial charge is 0.328 e. The van der Waals surface area contributed by atoms with Gasteiger partial charge in [-0.3, -0.25) is 4.79 Å². The van der Waals surface area contributed by atoms with E-state index >= 15 is 0 Å². The van der Waals surface area contributed by atoms with Crippen molar-refractivity contribution in [3.05, 3.63) is 47.4 Å². The minimum Gasteiger partial charge on any atom is -0.328 e. The van der Waals surface area contributed by atoms with Crippen molar-refractivity contribution in [1.82, 2.24) is 0 Å². The summed E-state index contributed by atoms with van der Waals surface area (Å²) in [5.74, 6) is -2.28. The molecule has 134 valence electrons. The van der Waals surface area contributed by atoms with Crippen LogP contribution in [0.5, 0.6) is 0 Å². The molecule has 0 heterocycles. The van der Waals surface area contributed by atoms with E-state index < -0.39 is 11.7 Å². The van der Waals surface area contributed by atoms with Crippen molar-refractivity contribution < 1.29 is 71.8 Å². The zero-order chi connectivity index (χ0) is 17.4. The van der Waals surface area contributed by atoms with Crippen LogP contribution in [0, 0.1) is 18.3 Å². The van der Waals surface area contributed by atoms with Crippen molar-refractivity contribution in [3.8, 4) is 0 Å². The molecule has 1 aromatic carbocycles. The first-order chi connectivity index (χ1) is 12.1. The molecule has 2 fully saturated rings. The Balaban J connectivity index is 0.00000196. The van der Waals surface area contributed by atoms with Gasteiger partial charge < -0.3 is 6.42 Å². The molecule has 2 saturated carbocycles. The van der Waals surface area contributed by atoms with E-state index in [1.165, 1.54) is 44.6 Å². The van der Waals surface area contributed by atoms with Crippen LogP contribution in [0.15, 0.2) is 24.3 Å². The summed E-state index contributed by atoms with van der Waals surface area (Å²) in [5, 5.41) is 0. The van der Waals surface area contributed by atoms with Gasteiger partial charge in [0.2, 0.25) is 5.78 Å². The van der Waals surface area contributed by atoms with Gasteiger partial charge in [0.25, 0.3) is 0 Å². The van der Waals surface area contributed by atoms with Crippen molar-refractivity contribution in [2.75, 3.05) is 0 Å². The van der Waals surface area contributed by atoms with E-state index in [-0.39, 0.29) is 63.8 Å². The minimum absolute atomic E-state index is 0. The number of halogens is 2. The zero-order valence-electron chi connectivity index (χ0n) is 15.5. The fourth-order valence-corrected chi connectivity index (χ4v) is 5.01. The number of alkyl halides is 2. The van der Waals surface area contributed by atoms with Gasteiger partial charge in [-0.25, -0.2) is 0 Å². The summed E-state index contributed by atoms with van der Waals surface area (Å²) in [7, 11) is 0. The van der Waals surface area contributed by atoms with E-state index in [9.17, 15) is 13.6 Å². The molecule has 26 heavy (non-hydrogen) atoms. The second kappa shape index (κ2) is 8.76. The molecule has 0 amide bonds. The van der Waals surface area contributed by atoms with Crippen LogP contribution in [0.4, 0.5) is 8.78 Å². The van der Waals surface area contributed by atoms with Crippen LogP contribution in [0.3, 0.4) is 0 Å². The van der Waals surface area contributed by atoms with Crippen molar-refractivity contribution in [2.45, 2.75) is 63.2 Å². The number of benzene rings is 1. The van der Waals surface area contributed by atoms with Crippen LogP contribution in [0.2, 0.25) is 0 Å². The quantitative estimate of drug-likeness (QED) is 0.662. The molecule has 0 saturated heterocycles. The second-order valence-electron chi connectivity index (χ2n) is 7.93. The summed E-state index contributed by atoms with van der Waals surface area (Å²) in [6, 6.07) is 5.17. The third-order valence-corrected chi connectivity index (χ3v) is 6.53. The van der Waals surface area contributed by atoms with Crippen molar-refractivity contribution in [2.24, 2.45) is 11.8 Å². The molecule has 1 aromatic rings. The Labute approximate surface area is 203 Å². The number of fused-ring (bicyclic) bond motifs is 1. The van der Waals surface area contributed by atoms with Crippen molar-refractivity contribution in [1.29, 1.82) is 0 Å². The summed E-state index contributed by atoms with van der Waals surface area (Å²) >= 11 is 0. The maximum atomic E-state index is 14.0. The van der Waals surface area contributed by atoms with Gasteiger partial charge in [0, 0.05) is 5.56 Å². The fourth-order valence-electron chi connectivity index (χ4n) is 5.01. The van der Waals surface area contributed by atoms with Crippen LogP contribution in [0.25, 0.3) is 6.08 Å². The monoisotopic (exact) mass is 428 g/mol. The summed E-state index contributed by atoms with van der Waals surface area (Å²) < 4.78 is 28.0. The summed E-state index contributed by atoms with van der Waals surface area (Å²) in [4.78, 5) is 11.4. The Morgan fingerprint density at radius 1 is 0.923 bits per heavy atom. The summed E-state index contributed by atoms with van der Waals surface area (Å²) in [5.41, 5.74) is 1.52. The first-order valence-electron chi connectivity index (χ1n) is 9.62. The number of carbonyl (C=O) groups is 1. The Hall–Kier alpha value is 0.295. The Morgan fingerprint density at radius 2 is 1.58 bits per heavy atom. The number of hydrogen-bond acceptors (Lipinski definition) is 1. The molecule has 0 radical (unpaired) electrons. The SMILES string of the molecule is O=C1C=Cc2cc(C3CCC(C4CC[CH-]CC4)CC3)ccc2C1(F)F.[Rb+]. The Bertz CT molecular complexity index is 683. The van der Waals surface area contributed by atoms with Crippen LogP contribution in [-0.4, -0.2) is 5.78 Å². The zero-order valence-corrected chi connectivity index (χ0v) is 20.4. The van der Waals surface area contributed by atoms with Gasteiger partial charge in [-0.05, 0) is 60.6 Å². The van der Waals surface area contributed by atoms with Gasteiger partial charge in [0.05, 0.1) is 0 Å². The Morgan fingerprint density at radius 3 is 2.27 bits per heavy atom. The van der Waals surface area contributed by atoms with Crippen molar-refractivity contribution in [3.63, 3.8) is 0 Å². The molecule has 0 atom stereocenters. The molecule has 3 aliphatic rings. The largest absolute Gasteiger partial charge is 1.00 e. The normalized spacial score (nSPS) is 28.3. The second-order valence-corrected chi connectivity index (χ2v) is 7.93. The van der Waals surface area contributed by atoms with Crippen LogP contribution in [-0.2, 0) is 10.7 Å². The molecular weight excluding hydrogens is 404 g/mol. The van der Waals surface area contributed by atoms with E-state index in [0.717, 1.165) is 36.3 Å². The molecule has 0 aromatic heterocycles. The van der Waals surface area contributed by atoms with Crippen LogP contribution < -0.4 is 58.2 Å². The topological polar surface area (TPSA) is 17.1 Å². The predicted molar refractivity (Wildman–Crippen MR) is 95.3 cm³/mol. The summed E-state index contributed by atoms with van der Waals surface area (Å²) in [6.07, 6.45) is 15.1. The number of hydrogen-bond donors (Lipinski definition) is 0. The first-order valence-corrected chi connectivity index (χ1v) is 9.62. The number of ketones is 1. The number of rotatable bonds is 2. The summed E-state index contributed by atoms with van der Waals surface area (Å²) in [6.45, 7) is 0. The van der Waals surface area contributed by atoms with Gasteiger partial charge in [-0.1, -0.05) is 37.1 Å². The van der Waals surface area contributed by atoms with Crippen LogP contribution in [0.1, 0.15) is 74.0 Å². The van der Waals surface area contributed by atoms with Gasteiger partial charge in [-0.15, -0.1) is 0 Å². The maximum absolute atomic E-state index is 14.0. The minimum atomic E-state index is -3.38. The van der Waals surface area contributed by atoms with Crippen LogP contribution >= 0.6 is 0 Å². The standard InChI is InChI=1S/C22H25F2O.Rb/c23-22(24)20-12-10-18(14-19(20)11-13-21(22)25)17-8-6-16(7-9-17)15-4-2-1-3-5-15;/h1,10-17H,2-9H2;/q-1;+1. The maximum Gasteiger partial charge on any atom is 1.00 e. The molecule has 0 N–H and O–H groups in total. The van der Waals surface area contributed by atoms with Crippen molar-refractivity contribution >= 4 is 11.9 Å². The Kier molecular flexibility index (Phi) is 7.08. The molecule has 0 aliphatic heterocycles. The fraction of sp³-hybridized carbons (Fsp3) is 0.545. The van der Waals surface area contributed by atoms with E-state index in [1.54, 1.807) is 6.08 Å². The average Bonchev–Trinajstić information content (AvgIpc) is 2.66. The molecule has 0 bridgehead atoms. The third kappa shape index (κ3) is 4.16. The number of allylic oxidation sites excluding steroid dienone is 1. The molecule has 4 heteroatoms. The van der Waals surface area contributed by atoms with E-state index in [2.05, 4.69) is 6.42 Å². The molecule has 3 aliphatic carbocycles. The third-order valence-electron chi connectivity index (χ3n) is 6.53. The average molecular weight is 429 g/mol. The van der Waals surface area contributed by atoms with Gasteiger partial charge in [-0.2, -0.15) is 21.6 Å². The van der Waals surface area contributed by atoms with Gasteiger partial charge in [0.1, 0.15) is 0 Å². The molecule has 4 rings (SSSR count). The molecule has 0 unspecified atom stereocenters. The van der Waals surface area contributed by atoms with Gasteiger partial charge in [0.15, 0.2) is 0 Å². The van der Waals surface area contributed by atoms with Gasteiger partial charge >= 0.3 is 64.1 Å². The first kappa shape index (κ1) is 21.0. The molecule has 0 spiro atoms. The predicted octanol–water partition coefficient (Wildman–Crippen LogP) is 3.05.